The van der Waals surface area contributed by atoms with Crippen LogP contribution in [0.1, 0.15) is 0 Å². The van der Waals surface area contributed by atoms with Crippen molar-refractivity contribution >= 4 is 12.6 Å². The van der Waals surface area contributed by atoms with Crippen LogP contribution in [0.3, 0.4) is 0 Å². The molecular weight excluding hydrogens is 155 g/mol. The van der Waals surface area contributed by atoms with Crippen molar-refractivity contribution in [1.82, 2.24) is 0 Å². The molecule has 0 heterocycles. The number of rotatable bonds is 0. The van der Waals surface area contributed by atoms with Crippen molar-refractivity contribution in [2.45, 2.75) is 4.90 Å². The van der Waals surface area contributed by atoms with Crippen molar-refractivity contribution in [1.29, 1.82) is 0 Å². The highest BCUT2D eigenvalue weighted by Gasteiger charge is 2.06. The van der Waals surface area contributed by atoms with Gasteiger partial charge in [0.25, 0.3) is 0 Å². The molecule has 0 amide bonds. The fourth-order valence-electron chi connectivity index (χ4n) is 0.544. The van der Waals surface area contributed by atoms with E-state index in [1.54, 1.807) is 0 Å². The largest absolute Gasteiger partial charge is 0.504 e. The van der Waals surface area contributed by atoms with Gasteiger partial charge >= 0.3 is 0 Å². The number of hydrogen-bond acceptors (Lipinski definition) is 3. The molecule has 2 nitrogen and oxygen atoms in total. The Morgan fingerprint density at radius 1 is 1.30 bits per heavy atom. The molecule has 0 aromatic heterocycles. The van der Waals surface area contributed by atoms with E-state index in [1.165, 1.54) is 0 Å². The molecule has 1 rings (SSSR count). The average Bonchev–Trinajstić information content (AvgIpc) is 1.93. The van der Waals surface area contributed by atoms with Gasteiger partial charge in [-0.25, -0.2) is 4.39 Å². The fourth-order valence-corrected chi connectivity index (χ4v) is 0.733. The molecule has 0 bridgehead atoms. The summed E-state index contributed by atoms with van der Waals surface area (Å²) in [7, 11) is 0. The molecule has 0 fully saturated rings. The van der Waals surface area contributed by atoms with Gasteiger partial charge in [0.15, 0.2) is 11.5 Å². The maximum atomic E-state index is 12.4. The standard InChI is InChI=1S/C6H5FO2S/c7-3-1-2-4(8)5(9)6(3)10/h1-2,8-10H. The summed E-state index contributed by atoms with van der Waals surface area (Å²) in [5, 5.41) is 17.6. The summed E-state index contributed by atoms with van der Waals surface area (Å²) in [4.78, 5) is -0.236. The highest BCUT2D eigenvalue weighted by Crippen LogP contribution is 2.32. The van der Waals surface area contributed by atoms with Crippen molar-refractivity contribution < 1.29 is 14.6 Å². The second kappa shape index (κ2) is 2.38. The number of halogens is 1. The number of aromatic hydroxyl groups is 2. The normalized spacial score (nSPS) is 9.80. The Morgan fingerprint density at radius 3 is 2.40 bits per heavy atom. The first-order chi connectivity index (χ1) is 4.63. The Morgan fingerprint density at radius 2 is 1.90 bits per heavy atom. The Labute approximate surface area is 62.3 Å². The summed E-state index contributed by atoms with van der Waals surface area (Å²) < 4.78 is 12.4. The summed E-state index contributed by atoms with van der Waals surface area (Å²) in [5.74, 6) is -1.55. The lowest BCUT2D eigenvalue weighted by atomic mass is 10.3. The lowest BCUT2D eigenvalue weighted by Gasteiger charge is -1.99. The van der Waals surface area contributed by atoms with Gasteiger partial charge in [0.1, 0.15) is 5.82 Å². The lowest BCUT2D eigenvalue weighted by Crippen LogP contribution is -1.77. The maximum Gasteiger partial charge on any atom is 0.174 e. The second-order valence-electron chi connectivity index (χ2n) is 1.76. The second-order valence-corrected chi connectivity index (χ2v) is 2.21. The first-order valence-electron chi connectivity index (χ1n) is 2.52. The molecule has 2 N–H and O–H groups in total. The van der Waals surface area contributed by atoms with Crippen LogP contribution in [0, 0.1) is 5.82 Å². The predicted octanol–water partition coefficient (Wildman–Crippen LogP) is 1.53. The minimum Gasteiger partial charge on any atom is -0.504 e. The molecule has 54 valence electrons. The van der Waals surface area contributed by atoms with E-state index in [9.17, 15) is 4.39 Å². The summed E-state index contributed by atoms with van der Waals surface area (Å²) in [6.45, 7) is 0. The molecule has 0 aliphatic heterocycles. The maximum absolute atomic E-state index is 12.4. The van der Waals surface area contributed by atoms with Crippen LogP contribution in [0.15, 0.2) is 17.0 Å². The highest BCUT2D eigenvalue weighted by molar-refractivity contribution is 7.80. The highest BCUT2D eigenvalue weighted by atomic mass is 32.1. The minimum atomic E-state index is -0.654. The van der Waals surface area contributed by atoms with Crippen molar-refractivity contribution in [3.8, 4) is 11.5 Å². The van der Waals surface area contributed by atoms with Crippen LogP contribution in [0.4, 0.5) is 4.39 Å². The smallest absolute Gasteiger partial charge is 0.174 e. The zero-order valence-electron chi connectivity index (χ0n) is 4.87. The Balaban J connectivity index is 3.34. The molecule has 0 radical (unpaired) electrons. The van der Waals surface area contributed by atoms with Crippen molar-refractivity contribution in [3.05, 3.63) is 17.9 Å². The van der Waals surface area contributed by atoms with E-state index in [2.05, 4.69) is 12.6 Å². The summed E-state index contributed by atoms with van der Waals surface area (Å²) in [5.41, 5.74) is 0. The van der Waals surface area contributed by atoms with E-state index in [0.717, 1.165) is 12.1 Å². The third kappa shape index (κ3) is 1.02. The molecular formula is C6H5FO2S. The monoisotopic (exact) mass is 160 g/mol. The molecule has 1 aromatic rings. The molecule has 0 unspecified atom stereocenters. The quantitative estimate of drug-likeness (QED) is 0.398. The van der Waals surface area contributed by atoms with Gasteiger partial charge in [-0.1, -0.05) is 0 Å². The summed E-state index contributed by atoms with van der Waals surface area (Å²) in [6, 6.07) is 2.09. The average molecular weight is 160 g/mol. The SMILES string of the molecule is Oc1ccc(F)c(S)c1O. The van der Waals surface area contributed by atoms with Crippen molar-refractivity contribution in [3.63, 3.8) is 0 Å². The Kier molecular flexibility index (Phi) is 1.72. The topological polar surface area (TPSA) is 40.5 Å². The van der Waals surface area contributed by atoms with E-state index >= 15 is 0 Å². The molecule has 4 heteroatoms. The molecule has 10 heavy (non-hydrogen) atoms. The third-order valence-corrected chi connectivity index (χ3v) is 1.51. The van der Waals surface area contributed by atoms with Gasteiger partial charge in [-0.05, 0) is 12.1 Å². The zero-order chi connectivity index (χ0) is 7.72. The van der Waals surface area contributed by atoms with Gasteiger partial charge in [-0.3, -0.25) is 0 Å². The molecule has 0 spiro atoms. The number of thiol groups is 1. The molecule has 0 saturated heterocycles. The van der Waals surface area contributed by atoms with Gasteiger partial charge in [0.05, 0.1) is 4.90 Å². The number of phenolic OH excluding ortho intramolecular Hbond substituents is 2. The molecule has 0 aliphatic carbocycles. The van der Waals surface area contributed by atoms with Crippen LogP contribution in [0.25, 0.3) is 0 Å². The van der Waals surface area contributed by atoms with Crippen molar-refractivity contribution in [2.75, 3.05) is 0 Å². The number of benzene rings is 1. The lowest BCUT2D eigenvalue weighted by molar-refractivity contribution is 0.387. The van der Waals surface area contributed by atoms with E-state index in [0.29, 0.717) is 0 Å². The van der Waals surface area contributed by atoms with E-state index in [-0.39, 0.29) is 10.6 Å². The van der Waals surface area contributed by atoms with E-state index < -0.39 is 11.6 Å². The Bertz CT molecular complexity index is 235. The van der Waals surface area contributed by atoms with Crippen LogP contribution in [-0.2, 0) is 0 Å². The predicted molar refractivity (Wildman–Crippen MR) is 37.0 cm³/mol. The first kappa shape index (κ1) is 7.21. The van der Waals surface area contributed by atoms with Crippen LogP contribution in [-0.4, -0.2) is 10.2 Å². The van der Waals surface area contributed by atoms with Gasteiger partial charge in [-0.2, -0.15) is 0 Å². The van der Waals surface area contributed by atoms with E-state index in [1.807, 2.05) is 0 Å². The molecule has 0 saturated carbocycles. The third-order valence-electron chi connectivity index (χ3n) is 1.08. The van der Waals surface area contributed by atoms with Crippen LogP contribution in [0.2, 0.25) is 0 Å². The van der Waals surface area contributed by atoms with E-state index in [4.69, 9.17) is 10.2 Å². The van der Waals surface area contributed by atoms with Crippen molar-refractivity contribution in [2.24, 2.45) is 0 Å². The fraction of sp³-hybridized carbons (Fsp3) is 0. The summed E-state index contributed by atoms with van der Waals surface area (Å²) >= 11 is 3.60. The molecule has 0 aliphatic rings. The zero-order valence-corrected chi connectivity index (χ0v) is 5.77. The number of phenols is 2. The molecule has 1 aromatic carbocycles. The minimum absolute atomic E-state index is 0.236. The Hall–Kier alpha value is -0.900. The van der Waals surface area contributed by atoms with Gasteiger partial charge in [0, 0.05) is 0 Å². The molecule has 0 atom stereocenters. The first-order valence-corrected chi connectivity index (χ1v) is 2.97. The van der Waals surface area contributed by atoms with Gasteiger partial charge < -0.3 is 10.2 Å². The number of hydrogen-bond donors (Lipinski definition) is 3. The van der Waals surface area contributed by atoms with Crippen LogP contribution >= 0.6 is 12.6 Å². The van der Waals surface area contributed by atoms with Crippen LogP contribution < -0.4 is 0 Å². The van der Waals surface area contributed by atoms with Crippen LogP contribution in [0.5, 0.6) is 11.5 Å². The summed E-state index contributed by atoms with van der Waals surface area (Å²) in [6.07, 6.45) is 0. The van der Waals surface area contributed by atoms with Gasteiger partial charge in [-0.15, -0.1) is 12.6 Å². The van der Waals surface area contributed by atoms with Gasteiger partial charge in [0.2, 0.25) is 0 Å².